The van der Waals surface area contributed by atoms with Crippen molar-refractivity contribution in [1.82, 2.24) is 14.7 Å². The zero-order valence-electron chi connectivity index (χ0n) is 15.2. The SMILES string of the molecule is COC(=O)[C@H]1C[C@@H](O)CCN1Cc1ccc(OC)c(Cn2cccn2)c1. The Labute approximate surface area is 153 Å². The van der Waals surface area contributed by atoms with Crippen molar-refractivity contribution in [3.63, 3.8) is 0 Å². The van der Waals surface area contributed by atoms with E-state index in [4.69, 9.17) is 9.47 Å². The molecule has 1 aliphatic rings. The molecule has 2 atom stereocenters. The van der Waals surface area contributed by atoms with E-state index in [1.165, 1.54) is 7.11 Å². The third kappa shape index (κ3) is 4.23. The Morgan fingerprint density at radius 1 is 1.35 bits per heavy atom. The Hall–Kier alpha value is -2.38. The van der Waals surface area contributed by atoms with Crippen molar-refractivity contribution in [1.29, 1.82) is 0 Å². The highest BCUT2D eigenvalue weighted by Gasteiger charge is 2.33. The van der Waals surface area contributed by atoms with Crippen LogP contribution in [0.25, 0.3) is 0 Å². The van der Waals surface area contributed by atoms with Gasteiger partial charge in [0, 0.05) is 31.0 Å². The first-order valence-electron chi connectivity index (χ1n) is 8.74. The molecule has 1 saturated heterocycles. The summed E-state index contributed by atoms with van der Waals surface area (Å²) in [5.74, 6) is 0.511. The maximum absolute atomic E-state index is 12.1. The number of ether oxygens (including phenoxy) is 2. The molecule has 0 saturated carbocycles. The topological polar surface area (TPSA) is 76.8 Å². The maximum Gasteiger partial charge on any atom is 0.323 e. The number of aromatic nitrogens is 2. The van der Waals surface area contributed by atoms with Crippen LogP contribution in [-0.2, 0) is 22.6 Å². The zero-order valence-corrected chi connectivity index (χ0v) is 15.2. The van der Waals surface area contributed by atoms with Gasteiger partial charge in [-0.05, 0) is 36.6 Å². The molecular weight excluding hydrogens is 334 g/mol. The molecule has 0 aliphatic carbocycles. The van der Waals surface area contributed by atoms with Crippen molar-refractivity contribution in [2.75, 3.05) is 20.8 Å². The van der Waals surface area contributed by atoms with Crippen LogP contribution in [0.15, 0.2) is 36.7 Å². The second-order valence-electron chi connectivity index (χ2n) is 6.54. The average molecular weight is 359 g/mol. The fraction of sp³-hybridized carbons (Fsp3) is 0.474. The number of benzene rings is 1. The quantitative estimate of drug-likeness (QED) is 0.787. The van der Waals surface area contributed by atoms with E-state index in [0.717, 1.165) is 16.9 Å². The molecule has 0 bridgehead atoms. The summed E-state index contributed by atoms with van der Waals surface area (Å²) in [6, 6.07) is 7.50. The van der Waals surface area contributed by atoms with Gasteiger partial charge in [-0.1, -0.05) is 6.07 Å². The van der Waals surface area contributed by atoms with Crippen molar-refractivity contribution in [3.05, 3.63) is 47.8 Å². The normalized spacial score (nSPS) is 20.7. The Morgan fingerprint density at radius 2 is 2.19 bits per heavy atom. The summed E-state index contributed by atoms with van der Waals surface area (Å²) in [6.07, 6.45) is 4.26. The van der Waals surface area contributed by atoms with Gasteiger partial charge in [0.25, 0.3) is 0 Å². The number of piperidine rings is 1. The highest BCUT2D eigenvalue weighted by Crippen LogP contribution is 2.25. The number of hydrogen-bond acceptors (Lipinski definition) is 6. The number of rotatable bonds is 6. The van der Waals surface area contributed by atoms with Gasteiger partial charge in [0.1, 0.15) is 11.8 Å². The molecule has 1 fully saturated rings. The monoisotopic (exact) mass is 359 g/mol. The molecule has 2 heterocycles. The molecule has 1 aliphatic heterocycles. The minimum absolute atomic E-state index is 0.297. The number of likely N-dealkylation sites (tertiary alicyclic amines) is 1. The van der Waals surface area contributed by atoms with Crippen LogP contribution < -0.4 is 4.74 Å². The van der Waals surface area contributed by atoms with E-state index in [1.807, 2.05) is 29.1 Å². The lowest BCUT2D eigenvalue weighted by Gasteiger charge is -2.36. The number of aliphatic hydroxyl groups is 1. The van der Waals surface area contributed by atoms with Crippen LogP contribution >= 0.6 is 0 Å². The molecule has 7 heteroatoms. The fourth-order valence-corrected chi connectivity index (χ4v) is 3.42. The average Bonchev–Trinajstić information content (AvgIpc) is 3.16. The highest BCUT2D eigenvalue weighted by molar-refractivity contribution is 5.75. The van der Waals surface area contributed by atoms with Gasteiger partial charge in [-0.25, -0.2) is 0 Å². The molecule has 0 spiro atoms. The van der Waals surface area contributed by atoms with E-state index in [9.17, 15) is 9.90 Å². The standard InChI is InChI=1S/C19H25N3O4/c1-25-18-5-4-14(10-15(18)13-22-8-3-7-20-22)12-21-9-6-16(23)11-17(21)19(24)26-2/h3-5,7-8,10,16-17,23H,6,9,11-13H2,1-2H3/t16-,17+/m0/s1. The van der Waals surface area contributed by atoms with Crippen molar-refractivity contribution in [3.8, 4) is 5.75 Å². The van der Waals surface area contributed by atoms with Crippen LogP contribution in [0.2, 0.25) is 0 Å². The Morgan fingerprint density at radius 3 is 2.88 bits per heavy atom. The van der Waals surface area contributed by atoms with Crippen LogP contribution in [0.3, 0.4) is 0 Å². The molecule has 3 rings (SSSR count). The number of aliphatic hydroxyl groups excluding tert-OH is 1. The second-order valence-corrected chi connectivity index (χ2v) is 6.54. The van der Waals surface area contributed by atoms with E-state index < -0.39 is 12.1 Å². The van der Waals surface area contributed by atoms with Gasteiger partial charge in [-0.15, -0.1) is 0 Å². The van der Waals surface area contributed by atoms with E-state index >= 15 is 0 Å². The third-order valence-electron chi connectivity index (χ3n) is 4.78. The molecule has 1 aromatic heterocycles. The third-order valence-corrected chi connectivity index (χ3v) is 4.78. The lowest BCUT2D eigenvalue weighted by atomic mass is 9.98. The molecule has 0 radical (unpaired) electrons. The van der Waals surface area contributed by atoms with Crippen LogP contribution in [0, 0.1) is 0 Å². The smallest absolute Gasteiger partial charge is 0.323 e. The van der Waals surface area contributed by atoms with Gasteiger partial charge < -0.3 is 14.6 Å². The van der Waals surface area contributed by atoms with Crippen LogP contribution in [-0.4, -0.2) is 58.7 Å². The maximum atomic E-state index is 12.1. The van der Waals surface area contributed by atoms with Gasteiger partial charge in [0.15, 0.2) is 0 Å². The summed E-state index contributed by atoms with van der Waals surface area (Å²) in [6.45, 7) is 1.88. The molecule has 1 aromatic carbocycles. The number of carbonyl (C=O) groups is 1. The second kappa shape index (κ2) is 8.33. The molecule has 140 valence electrons. The Bertz CT molecular complexity index is 732. The highest BCUT2D eigenvalue weighted by atomic mass is 16.5. The molecule has 26 heavy (non-hydrogen) atoms. The summed E-state index contributed by atoms with van der Waals surface area (Å²) >= 11 is 0. The first kappa shape index (κ1) is 18.4. The van der Waals surface area contributed by atoms with Crippen LogP contribution in [0.5, 0.6) is 5.75 Å². The number of methoxy groups -OCH3 is 2. The molecule has 1 N–H and O–H groups in total. The summed E-state index contributed by atoms with van der Waals surface area (Å²) in [7, 11) is 3.04. The summed E-state index contributed by atoms with van der Waals surface area (Å²) in [5, 5.41) is 14.2. The van der Waals surface area contributed by atoms with Crippen molar-refractivity contribution >= 4 is 5.97 Å². The van der Waals surface area contributed by atoms with E-state index in [1.54, 1.807) is 13.3 Å². The van der Waals surface area contributed by atoms with Crippen molar-refractivity contribution in [2.24, 2.45) is 0 Å². The summed E-state index contributed by atoms with van der Waals surface area (Å²) < 4.78 is 12.2. The van der Waals surface area contributed by atoms with Gasteiger partial charge in [-0.2, -0.15) is 5.10 Å². The first-order valence-corrected chi connectivity index (χ1v) is 8.74. The molecule has 0 amide bonds. The summed E-state index contributed by atoms with van der Waals surface area (Å²) in [5.41, 5.74) is 2.11. The molecular formula is C19H25N3O4. The van der Waals surface area contributed by atoms with E-state index in [-0.39, 0.29) is 5.97 Å². The van der Waals surface area contributed by atoms with Crippen molar-refractivity contribution < 1.29 is 19.4 Å². The van der Waals surface area contributed by atoms with Gasteiger partial charge in [0.2, 0.25) is 0 Å². The predicted octanol–water partition coefficient (Wildman–Crippen LogP) is 1.44. The van der Waals surface area contributed by atoms with Crippen molar-refractivity contribution in [2.45, 2.75) is 38.1 Å². The van der Waals surface area contributed by atoms with Gasteiger partial charge in [0.05, 0.1) is 26.9 Å². The van der Waals surface area contributed by atoms with Gasteiger partial charge in [-0.3, -0.25) is 14.4 Å². The largest absolute Gasteiger partial charge is 0.496 e. The van der Waals surface area contributed by atoms with E-state index in [2.05, 4.69) is 16.1 Å². The molecule has 7 nitrogen and oxygen atoms in total. The summed E-state index contributed by atoms with van der Waals surface area (Å²) in [4.78, 5) is 14.2. The van der Waals surface area contributed by atoms with Gasteiger partial charge >= 0.3 is 5.97 Å². The minimum Gasteiger partial charge on any atom is -0.496 e. The fourth-order valence-electron chi connectivity index (χ4n) is 3.42. The predicted molar refractivity (Wildman–Crippen MR) is 95.8 cm³/mol. The van der Waals surface area contributed by atoms with Crippen LogP contribution in [0.4, 0.5) is 0 Å². The first-order chi connectivity index (χ1) is 12.6. The van der Waals surface area contributed by atoms with E-state index in [0.29, 0.717) is 32.5 Å². The van der Waals surface area contributed by atoms with Crippen LogP contribution in [0.1, 0.15) is 24.0 Å². The minimum atomic E-state index is -0.457. The lowest BCUT2D eigenvalue weighted by molar-refractivity contribution is -0.150. The number of carbonyl (C=O) groups excluding carboxylic acids is 1. The Balaban J connectivity index is 1.79. The zero-order chi connectivity index (χ0) is 18.5. The number of nitrogens with zero attached hydrogens (tertiary/aromatic N) is 3. The molecule has 2 aromatic rings. The Kier molecular flexibility index (Phi) is 5.90. The molecule has 0 unspecified atom stereocenters. The lowest BCUT2D eigenvalue weighted by Crippen LogP contribution is -2.48. The number of hydrogen-bond donors (Lipinski definition) is 1. The number of esters is 1.